The van der Waals surface area contributed by atoms with Crippen molar-refractivity contribution < 1.29 is 4.74 Å². The summed E-state index contributed by atoms with van der Waals surface area (Å²) in [6.45, 7) is 5.07. The number of aromatic nitrogens is 2. The number of nitrogens with zero attached hydrogens (tertiary/aromatic N) is 2. The average Bonchev–Trinajstić information content (AvgIpc) is 2.68. The van der Waals surface area contributed by atoms with Crippen molar-refractivity contribution in [2.45, 2.75) is 27.0 Å². The van der Waals surface area contributed by atoms with Crippen molar-refractivity contribution >= 4 is 44.8 Å². The van der Waals surface area contributed by atoms with E-state index in [0.717, 1.165) is 22.4 Å². The molecule has 0 radical (unpaired) electrons. The minimum absolute atomic E-state index is 0.345. The summed E-state index contributed by atoms with van der Waals surface area (Å²) in [6, 6.07) is 3.20. The highest BCUT2D eigenvalue weighted by Gasteiger charge is 2.14. The number of ether oxygens (including phenoxy) is 1. The van der Waals surface area contributed by atoms with E-state index in [4.69, 9.17) is 33.7 Å². The van der Waals surface area contributed by atoms with Crippen molar-refractivity contribution in [2.24, 2.45) is 0 Å². The van der Waals surface area contributed by atoms with Gasteiger partial charge in [0.1, 0.15) is 12.4 Å². The van der Waals surface area contributed by atoms with Gasteiger partial charge < -0.3 is 10.5 Å². The maximum atomic E-state index is 5.97. The number of rotatable bonds is 4. The largest absolute Gasteiger partial charge is 0.485 e. The topological polar surface area (TPSA) is 53.1 Å². The molecule has 0 fully saturated rings. The Morgan fingerprint density at radius 2 is 2.00 bits per heavy atom. The van der Waals surface area contributed by atoms with E-state index in [2.05, 4.69) is 21.0 Å². The van der Waals surface area contributed by atoms with Crippen LogP contribution in [-0.4, -0.2) is 9.78 Å². The van der Waals surface area contributed by atoms with E-state index in [9.17, 15) is 0 Å². The third-order valence-electron chi connectivity index (χ3n) is 2.87. The number of aryl methyl sites for hydroxylation is 2. The van der Waals surface area contributed by atoms with Gasteiger partial charge in [-0.2, -0.15) is 5.10 Å². The Balaban J connectivity index is 2.23. The van der Waals surface area contributed by atoms with E-state index < -0.39 is 0 Å². The van der Waals surface area contributed by atoms with Crippen LogP contribution in [0.3, 0.4) is 0 Å². The number of halogens is 3. The second-order valence-corrected chi connectivity index (χ2v) is 5.86. The summed E-state index contributed by atoms with van der Waals surface area (Å²) in [5, 5.41) is 5.23. The zero-order valence-electron chi connectivity index (χ0n) is 11.1. The van der Waals surface area contributed by atoms with E-state index >= 15 is 0 Å². The maximum absolute atomic E-state index is 5.97. The number of anilines is 1. The van der Waals surface area contributed by atoms with Crippen LogP contribution in [0.1, 0.15) is 18.3 Å². The van der Waals surface area contributed by atoms with Crippen LogP contribution in [0.25, 0.3) is 0 Å². The summed E-state index contributed by atoms with van der Waals surface area (Å²) < 4.78 is 8.56. The first kappa shape index (κ1) is 15.5. The van der Waals surface area contributed by atoms with Crippen LogP contribution in [0.2, 0.25) is 10.0 Å². The van der Waals surface area contributed by atoms with Gasteiger partial charge >= 0.3 is 0 Å². The molecule has 0 unspecified atom stereocenters. The molecule has 1 heterocycles. The molecule has 0 amide bonds. The van der Waals surface area contributed by atoms with Crippen LogP contribution < -0.4 is 10.5 Å². The molecule has 1 aromatic carbocycles. The summed E-state index contributed by atoms with van der Waals surface area (Å²) >= 11 is 15.4. The van der Waals surface area contributed by atoms with Crippen LogP contribution in [-0.2, 0) is 13.2 Å². The monoisotopic (exact) mass is 377 g/mol. The van der Waals surface area contributed by atoms with Crippen molar-refractivity contribution in [3.05, 3.63) is 38.0 Å². The lowest BCUT2D eigenvalue weighted by atomic mass is 10.3. The highest BCUT2D eigenvalue weighted by molar-refractivity contribution is 9.10. The van der Waals surface area contributed by atoms with Crippen molar-refractivity contribution in [3.8, 4) is 5.75 Å². The van der Waals surface area contributed by atoms with Gasteiger partial charge in [0.15, 0.2) is 0 Å². The fraction of sp³-hybridized carbons (Fsp3) is 0.308. The second-order valence-electron chi connectivity index (χ2n) is 4.25. The zero-order valence-corrected chi connectivity index (χ0v) is 14.2. The Morgan fingerprint density at radius 3 is 2.65 bits per heavy atom. The van der Waals surface area contributed by atoms with E-state index in [1.54, 1.807) is 12.1 Å². The first-order chi connectivity index (χ1) is 9.43. The van der Waals surface area contributed by atoms with Gasteiger partial charge in [-0.25, -0.2) is 0 Å². The van der Waals surface area contributed by atoms with Crippen LogP contribution in [0.5, 0.6) is 5.75 Å². The van der Waals surface area contributed by atoms with Gasteiger partial charge in [-0.3, -0.25) is 4.68 Å². The molecule has 0 aliphatic carbocycles. The molecule has 0 atom stereocenters. The lowest BCUT2D eigenvalue weighted by Gasteiger charge is -2.11. The van der Waals surface area contributed by atoms with E-state index in [-0.39, 0.29) is 0 Å². The molecule has 1 aromatic heterocycles. The standard InChI is InChI=1S/C13H14BrCl2N3O/c1-3-19-11(13(14)7(2)18-19)6-20-12-5-9(16)8(15)4-10(12)17/h4-5H,3,6,17H2,1-2H3. The molecule has 0 bridgehead atoms. The quantitative estimate of drug-likeness (QED) is 0.800. The molecule has 4 nitrogen and oxygen atoms in total. The maximum Gasteiger partial charge on any atom is 0.144 e. The zero-order chi connectivity index (χ0) is 14.9. The van der Waals surface area contributed by atoms with E-state index in [1.165, 1.54) is 0 Å². The van der Waals surface area contributed by atoms with E-state index in [1.807, 2.05) is 18.5 Å². The third kappa shape index (κ3) is 3.05. The van der Waals surface area contributed by atoms with Gasteiger partial charge in [-0.1, -0.05) is 23.2 Å². The molecule has 0 spiro atoms. The fourth-order valence-electron chi connectivity index (χ4n) is 1.82. The highest BCUT2D eigenvalue weighted by Crippen LogP contribution is 2.33. The molecule has 7 heteroatoms. The molecular weight excluding hydrogens is 365 g/mol. The minimum Gasteiger partial charge on any atom is -0.485 e. The van der Waals surface area contributed by atoms with Crippen LogP contribution in [0.4, 0.5) is 5.69 Å². The smallest absolute Gasteiger partial charge is 0.144 e. The molecule has 2 rings (SSSR count). The highest BCUT2D eigenvalue weighted by atomic mass is 79.9. The number of hydrogen-bond donors (Lipinski definition) is 1. The van der Waals surface area contributed by atoms with Gasteiger partial charge in [-0.05, 0) is 35.8 Å². The first-order valence-electron chi connectivity index (χ1n) is 6.03. The predicted molar refractivity (Wildman–Crippen MR) is 85.5 cm³/mol. The van der Waals surface area contributed by atoms with Crippen molar-refractivity contribution in [1.82, 2.24) is 9.78 Å². The molecule has 20 heavy (non-hydrogen) atoms. The molecule has 0 saturated heterocycles. The van der Waals surface area contributed by atoms with E-state index in [0.29, 0.717) is 28.1 Å². The summed E-state index contributed by atoms with van der Waals surface area (Å²) in [7, 11) is 0. The number of nitrogens with two attached hydrogens (primary N) is 1. The summed E-state index contributed by atoms with van der Waals surface area (Å²) in [5.74, 6) is 0.507. The third-order valence-corrected chi connectivity index (χ3v) is 4.62. The molecule has 2 aromatic rings. The van der Waals surface area contributed by atoms with Gasteiger partial charge in [-0.15, -0.1) is 0 Å². The predicted octanol–water partition coefficient (Wildman–Crippen LogP) is 4.44. The molecule has 2 N–H and O–H groups in total. The number of benzene rings is 1. The molecule has 0 aliphatic rings. The second kappa shape index (κ2) is 6.24. The Hall–Kier alpha value is -0.910. The van der Waals surface area contributed by atoms with Crippen LogP contribution >= 0.6 is 39.1 Å². The first-order valence-corrected chi connectivity index (χ1v) is 7.58. The normalized spacial score (nSPS) is 10.8. The Morgan fingerprint density at radius 1 is 1.35 bits per heavy atom. The number of nitrogen functional groups attached to an aromatic ring is 1. The number of hydrogen-bond acceptors (Lipinski definition) is 3. The van der Waals surface area contributed by atoms with Gasteiger partial charge in [0, 0.05) is 12.6 Å². The lowest BCUT2D eigenvalue weighted by Crippen LogP contribution is -2.07. The summed E-state index contributed by atoms with van der Waals surface area (Å²) in [5.41, 5.74) is 8.20. The van der Waals surface area contributed by atoms with Crippen molar-refractivity contribution in [3.63, 3.8) is 0 Å². The minimum atomic E-state index is 0.345. The molecule has 0 aliphatic heterocycles. The SMILES string of the molecule is CCn1nc(C)c(Br)c1COc1cc(Cl)c(Cl)cc1N. The molecule has 0 saturated carbocycles. The van der Waals surface area contributed by atoms with Crippen molar-refractivity contribution in [2.75, 3.05) is 5.73 Å². The Labute approximate surface area is 135 Å². The van der Waals surface area contributed by atoms with Crippen LogP contribution in [0, 0.1) is 6.92 Å². The average molecular weight is 379 g/mol. The Bertz CT molecular complexity index is 643. The van der Waals surface area contributed by atoms with Gasteiger partial charge in [0.05, 0.1) is 31.6 Å². The van der Waals surface area contributed by atoms with Gasteiger partial charge in [0.25, 0.3) is 0 Å². The van der Waals surface area contributed by atoms with Crippen LogP contribution in [0.15, 0.2) is 16.6 Å². The van der Waals surface area contributed by atoms with Crippen molar-refractivity contribution in [1.29, 1.82) is 0 Å². The Kier molecular flexibility index (Phi) is 4.83. The molecule has 108 valence electrons. The van der Waals surface area contributed by atoms with Gasteiger partial charge in [0.2, 0.25) is 0 Å². The summed E-state index contributed by atoms with van der Waals surface area (Å²) in [4.78, 5) is 0. The molecular formula is C13H14BrCl2N3O. The lowest BCUT2D eigenvalue weighted by molar-refractivity contribution is 0.293. The summed E-state index contributed by atoms with van der Waals surface area (Å²) in [6.07, 6.45) is 0. The fourth-order valence-corrected chi connectivity index (χ4v) is 2.55.